The van der Waals surface area contributed by atoms with Crippen LogP contribution in [-0.2, 0) is 0 Å². The summed E-state index contributed by atoms with van der Waals surface area (Å²) in [6, 6.07) is 0. The third kappa shape index (κ3) is 2.67. The maximum Gasteiger partial charge on any atom is 0.213 e. The first-order valence-electron chi connectivity index (χ1n) is 5.69. The summed E-state index contributed by atoms with van der Waals surface area (Å²) in [6.07, 6.45) is 5.32. The molecule has 0 spiro atoms. The Morgan fingerprint density at radius 2 is 1.87 bits per heavy atom. The molecule has 2 atom stereocenters. The molecule has 15 heavy (non-hydrogen) atoms. The van der Waals surface area contributed by atoms with Gasteiger partial charge < -0.3 is 5.21 Å². The van der Waals surface area contributed by atoms with Crippen molar-refractivity contribution in [2.75, 3.05) is 0 Å². The van der Waals surface area contributed by atoms with Crippen LogP contribution in [0.3, 0.4) is 0 Å². The predicted molar refractivity (Wildman–Crippen MR) is 60.6 cm³/mol. The van der Waals surface area contributed by atoms with Gasteiger partial charge in [0.15, 0.2) is 0 Å². The van der Waals surface area contributed by atoms with Gasteiger partial charge in [-0.2, -0.15) is 4.73 Å². The van der Waals surface area contributed by atoms with Crippen molar-refractivity contribution in [3.63, 3.8) is 0 Å². The van der Waals surface area contributed by atoms with E-state index in [1.165, 1.54) is 0 Å². The van der Waals surface area contributed by atoms with E-state index in [9.17, 15) is 5.21 Å². The highest BCUT2D eigenvalue weighted by Crippen LogP contribution is 2.17. The average Bonchev–Trinajstić information content (AvgIpc) is 2.26. The summed E-state index contributed by atoms with van der Waals surface area (Å²) in [5, 5.41) is 11.7. The molecular weight excluding hydrogens is 188 g/mol. The molecule has 0 radical (unpaired) electrons. The van der Waals surface area contributed by atoms with Crippen molar-refractivity contribution < 1.29 is 4.73 Å². The van der Waals surface area contributed by atoms with E-state index < -0.39 is 0 Å². The average molecular weight is 208 g/mol. The van der Waals surface area contributed by atoms with E-state index in [0.29, 0.717) is 5.92 Å². The molecule has 0 saturated heterocycles. The van der Waals surface area contributed by atoms with Crippen molar-refractivity contribution in [3.05, 3.63) is 29.0 Å². The summed E-state index contributed by atoms with van der Waals surface area (Å²) < 4.78 is 0.975. The second-order valence-corrected chi connectivity index (χ2v) is 4.18. The van der Waals surface area contributed by atoms with E-state index in [1.54, 1.807) is 12.4 Å². The second-order valence-electron chi connectivity index (χ2n) is 4.18. The van der Waals surface area contributed by atoms with Crippen molar-refractivity contribution in [1.82, 2.24) is 4.98 Å². The van der Waals surface area contributed by atoms with E-state index in [-0.39, 0.29) is 5.92 Å². The van der Waals surface area contributed by atoms with Crippen LogP contribution < -0.4 is 4.73 Å². The Kier molecular flexibility index (Phi) is 4.06. The highest BCUT2D eigenvalue weighted by molar-refractivity contribution is 5.04. The Balaban J connectivity index is 2.97. The standard InChI is InChI=1S/C12H20N2O/c1-5-9(3)11-8-14(15)12(7-13-11)10(4)6-2/h7-10H,5-6H2,1-4H3. The SMILES string of the molecule is CCC(C)c1c[n+]([O-])c(C(C)CC)cn1. The summed E-state index contributed by atoms with van der Waals surface area (Å²) in [6.45, 7) is 8.32. The molecule has 0 aliphatic carbocycles. The maximum atomic E-state index is 11.7. The summed E-state index contributed by atoms with van der Waals surface area (Å²) in [4.78, 5) is 4.36. The van der Waals surface area contributed by atoms with Crippen molar-refractivity contribution in [2.45, 2.75) is 52.4 Å². The van der Waals surface area contributed by atoms with Crippen LogP contribution in [0.25, 0.3) is 0 Å². The van der Waals surface area contributed by atoms with Crippen LogP contribution in [0.1, 0.15) is 63.8 Å². The van der Waals surface area contributed by atoms with Gasteiger partial charge in [0.2, 0.25) is 11.9 Å². The molecule has 0 bridgehead atoms. The van der Waals surface area contributed by atoms with Crippen molar-refractivity contribution >= 4 is 0 Å². The topological polar surface area (TPSA) is 39.8 Å². The molecule has 1 aromatic rings. The molecule has 1 heterocycles. The third-order valence-corrected chi connectivity index (χ3v) is 3.08. The van der Waals surface area contributed by atoms with E-state index in [2.05, 4.69) is 25.8 Å². The minimum atomic E-state index is 0.279. The number of aromatic nitrogens is 2. The lowest BCUT2D eigenvalue weighted by atomic mass is 10.0. The van der Waals surface area contributed by atoms with Gasteiger partial charge in [0.25, 0.3) is 0 Å². The molecular formula is C12H20N2O. The first-order chi connectivity index (χ1) is 7.10. The van der Waals surface area contributed by atoms with E-state index in [4.69, 9.17) is 0 Å². The number of nitrogens with zero attached hydrogens (tertiary/aromatic N) is 2. The van der Waals surface area contributed by atoms with Gasteiger partial charge in [-0.1, -0.05) is 27.7 Å². The highest BCUT2D eigenvalue weighted by atomic mass is 16.5. The largest absolute Gasteiger partial charge is 0.618 e. The van der Waals surface area contributed by atoms with Crippen LogP contribution in [0, 0.1) is 5.21 Å². The van der Waals surface area contributed by atoms with E-state index in [0.717, 1.165) is 29.0 Å². The summed E-state index contributed by atoms with van der Waals surface area (Å²) in [5.74, 6) is 0.636. The maximum absolute atomic E-state index is 11.7. The summed E-state index contributed by atoms with van der Waals surface area (Å²) in [7, 11) is 0. The fourth-order valence-corrected chi connectivity index (χ4v) is 1.44. The number of hydrogen-bond donors (Lipinski definition) is 0. The van der Waals surface area contributed by atoms with E-state index in [1.807, 2.05) is 6.92 Å². The van der Waals surface area contributed by atoms with Crippen LogP contribution >= 0.6 is 0 Å². The molecule has 0 saturated carbocycles. The quantitative estimate of drug-likeness (QED) is 0.564. The molecule has 2 unspecified atom stereocenters. The zero-order chi connectivity index (χ0) is 11.4. The lowest BCUT2D eigenvalue weighted by molar-refractivity contribution is -0.616. The van der Waals surface area contributed by atoms with Gasteiger partial charge in [-0.25, -0.2) is 4.98 Å². The fraction of sp³-hybridized carbons (Fsp3) is 0.667. The molecule has 0 aromatic carbocycles. The molecule has 0 aliphatic heterocycles. The van der Waals surface area contributed by atoms with Crippen molar-refractivity contribution in [2.24, 2.45) is 0 Å². The summed E-state index contributed by atoms with van der Waals surface area (Å²) in [5.41, 5.74) is 1.66. The van der Waals surface area contributed by atoms with Gasteiger partial charge in [0.1, 0.15) is 5.69 Å². The first-order valence-corrected chi connectivity index (χ1v) is 5.69. The predicted octanol–water partition coefficient (Wildman–Crippen LogP) is 2.74. The van der Waals surface area contributed by atoms with Crippen LogP contribution in [0.15, 0.2) is 12.4 Å². The lowest BCUT2D eigenvalue weighted by Gasteiger charge is -2.12. The van der Waals surface area contributed by atoms with Gasteiger partial charge in [-0.05, 0) is 12.8 Å². The number of hydrogen-bond acceptors (Lipinski definition) is 2. The molecule has 1 aromatic heterocycles. The minimum Gasteiger partial charge on any atom is -0.618 e. The lowest BCUT2D eigenvalue weighted by Crippen LogP contribution is -2.34. The number of rotatable bonds is 4. The Morgan fingerprint density at radius 3 is 2.33 bits per heavy atom. The molecule has 0 N–H and O–H groups in total. The smallest absolute Gasteiger partial charge is 0.213 e. The van der Waals surface area contributed by atoms with Gasteiger partial charge in [-0.3, -0.25) is 0 Å². The Hall–Kier alpha value is -1.12. The molecule has 0 fully saturated rings. The molecule has 3 nitrogen and oxygen atoms in total. The van der Waals surface area contributed by atoms with Crippen molar-refractivity contribution in [3.8, 4) is 0 Å². The van der Waals surface area contributed by atoms with Gasteiger partial charge in [-0.15, -0.1) is 0 Å². The molecule has 84 valence electrons. The highest BCUT2D eigenvalue weighted by Gasteiger charge is 2.16. The van der Waals surface area contributed by atoms with Crippen LogP contribution in [0.2, 0.25) is 0 Å². The Labute approximate surface area is 91.7 Å². The molecule has 3 heteroatoms. The third-order valence-electron chi connectivity index (χ3n) is 3.08. The molecule has 0 amide bonds. The fourth-order valence-electron chi connectivity index (χ4n) is 1.44. The first kappa shape index (κ1) is 12.0. The normalized spacial score (nSPS) is 14.9. The van der Waals surface area contributed by atoms with Gasteiger partial charge in [0, 0.05) is 11.8 Å². The summed E-state index contributed by atoms with van der Waals surface area (Å²) >= 11 is 0. The van der Waals surface area contributed by atoms with Gasteiger partial charge >= 0.3 is 0 Å². The Morgan fingerprint density at radius 1 is 1.27 bits per heavy atom. The Bertz CT molecular complexity index is 325. The van der Waals surface area contributed by atoms with Crippen LogP contribution in [-0.4, -0.2) is 4.98 Å². The molecule has 1 rings (SSSR count). The van der Waals surface area contributed by atoms with Crippen LogP contribution in [0.4, 0.5) is 0 Å². The van der Waals surface area contributed by atoms with E-state index >= 15 is 0 Å². The minimum absolute atomic E-state index is 0.279. The molecule has 0 aliphatic rings. The zero-order valence-corrected chi connectivity index (χ0v) is 10.0. The van der Waals surface area contributed by atoms with Crippen LogP contribution in [0.5, 0.6) is 0 Å². The van der Waals surface area contributed by atoms with Gasteiger partial charge in [0.05, 0.1) is 6.20 Å². The van der Waals surface area contributed by atoms with Crippen molar-refractivity contribution in [1.29, 1.82) is 0 Å². The zero-order valence-electron chi connectivity index (χ0n) is 10.0. The second kappa shape index (κ2) is 5.10. The monoisotopic (exact) mass is 208 g/mol.